The maximum atomic E-state index is 11.5. The molecule has 3 nitrogen and oxygen atoms in total. The number of alkyl halides is 1. The van der Waals surface area contributed by atoms with E-state index in [1.807, 2.05) is 38.1 Å². The van der Waals surface area contributed by atoms with Gasteiger partial charge < -0.3 is 10.1 Å². The third-order valence-corrected chi connectivity index (χ3v) is 2.56. The van der Waals surface area contributed by atoms with Crippen molar-refractivity contribution in [3.8, 4) is 0 Å². The molecule has 0 aliphatic heterocycles. The van der Waals surface area contributed by atoms with Crippen molar-refractivity contribution in [2.45, 2.75) is 19.9 Å². The highest BCUT2D eigenvalue weighted by Crippen LogP contribution is 2.12. The summed E-state index contributed by atoms with van der Waals surface area (Å²) < 4.78 is 5.06. The van der Waals surface area contributed by atoms with Crippen molar-refractivity contribution >= 4 is 17.5 Å². The zero-order valence-corrected chi connectivity index (χ0v) is 11.0. The normalized spacial score (nSPS) is 12.2. The summed E-state index contributed by atoms with van der Waals surface area (Å²) in [5.41, 5.74) is 2.29. The highest BCUT2D eigenvalue weighted by atomic mass is 35.5. The zero-order valence-electron chi connectivity index (χ0n) is 10.2. The highest BCUT2D eigenvalue weighted by molar-refractivity contribution is 6.17. The number of benzene rings is 1. The number of hydrogen-bond donors (Lipinski definition) is 1. The van der Waals surface area contributed by atoms with Gasteiger partial charge in [-0.2, -0.15) is 0 Å². The average Bonchev–Trinajstić information content (AvgIpc) is 2.30. The predicted molar refractivity (Wildman–Crippen MR) is 69.3 cm³/mol. The Hall–Kier alpha value is -1.06. The molecule has 0 unspecified atom stereocenters. The van der Waals surface area contributed by atoms with Crippen molar-refractivity contribution in [3.63, 3.8) is 0 Å². The van der Waals surface area contributed by atoms with Crippen molar-refractivity contribution in [3.05, 3.63) is 35.4 Å². The smallest absolute Gasteiger partial charge is 0.246 e. The van der Waals surface area contributed by atoms with E-state index in [1.165, 1.54) is 5.56 Å². The van der Waals surface area contributed by atoms with Crippen molar-refractivity contribution in [1.29, 1.82) is 0 Å². The van der Waals surface area contributed by atoms with E-state index in [9.17, 15) is 4.79 Å². The number of halogens is 1. The van der Waals surface area contributed by atoms with E-state index in [1.54, 1.807) is 0 Å². The van der Waals surface area contributed by atoms with Crippen LogP contribution in [0.25, 0.3) is 0 Å². The fourth-order valence-electron chi connectivity index (χ4n) is 1.44. The number of amides is 1. The van der Waals surface area contributed by atoms with E-state index >= 15 is 0 Å². The number of aryl methyl sites for hydroxylation is 1. The molecule has 0 saturated heterocycles. The Balaban J connectivity index is 2.40. The van der Waals surface area contributed by atoms with Gasteiger partial charge >= 0.3 is 0 Å². The zero-order chi connectivity index (χ0) is 12.7. The van der Waals surface area contributed by atoms with Crippen molar-refractivity contribution in [1.82, 2.24) is 5.32 Å². The van der Waals surface area contributed by atoms with Crippen LogP contribution in [0.15, 0.2) is 24.3 Å². The molecule has 0 aliphatic carbocycles. The molecule has 94 valence electrons. The van der Waals surface area contributed by atoms with Gasteiger partial charge in [0.2, 0.25) is 5.91 Å². The second kappa shape index (κ2) is 7.30. The summed E-state index contributed by atoms with van der Waals surface area (Å²) in [6.45, 7) is 4.44. The van der Waals surface area contributed by atoms with Gasteiger partial charge in [-0.05, 0) is 19.4 Å². The molecule has 0 fully saturated rings. The molecule has 1 aromatic rings. The number of ether oxygens (including phenoxy) is 1. The first-order chi connectivity index (χ1) is 8.13. The van der Waals surface area contributed by atoms with E-state index in [2.05, 4.69) is 5.32 Å². The second-order valence-corrected chi connectivity index (χ2v) is 4.32. The number of rotatable bonds is 6. The Bertz CT molecular complexity index is 351. The van der Waals surface area contributed by atoms with Crippen LogP contribution < -0.4 is 5.32 Å². The van der Waals surface area contributed by atoms with E-state index in [4.69, 9.17) is 16.3 Å². The Kier molecular flexibility index (Phi) is 6.01. The molecule has 1 aromatic carbocycles. The van der Waals surface area contributed by atoms with Gasteiger partial charge in [0.15, 0.2) is 0 Å². The third-order valence-electron chi connectivity index (χ3n) is 2.41. The van der Waals surface area contributed by atoms with Gasteiger partial charge in [-0.15, -0.1) is 11.6 Å². The largest absolute Gasteiger partial charge is 0.370 e. The van der Waals surface area contributed by atoms with Crippen molar-refractivity contribution in [2.75, 3.05) is 19.1 Å². The average molecular weight is 256 g/mol. The second-order valence-electron chi connectivity index (χ2n) is 3.94. The van der Waals surface area contributed by atoms with E-state index in [-0.39, 0.29) is 18.6 Å². The predicted octanol–water partition coefficient (Wildman–Crippen LogP) is 2.43. The molecule has 0 bridgehead atoms. The minimum atomic E-state index is -0.122. The monoisotopic (exact) mass is 255 g/mol. The number of carbonyl (C=O) groups is 1. The molecule has 17 heavy (non-hydrogen) atoms. The summed E-state index contributed by atoms with van der Waals surface area (Å²) in [5.74, 6) is 0.282. The topological polar surface area (TPSA) is 38.3 Å². The Labute approximate surface area is 107 Å². The van der Waals surface area contributed by atoms with Crippen LogP contribution >= 0.6 is 11.6 Å². The van der Waals surface area contributed by atoms with Crippen LogP contribution in [-0.2, 0) is 9.53 Å². The third kappa shape index (κ3) is 5.20. The molecule has 0 spiro atoms. The first-order valence-corrected chi connectivity index (χ1v) is 6.16. The van der Waals surface area contributed by atoms with Gasteiger partial charge in [0, 0.05) is 5.88 Å². The van der Waals surface area contributed by atoms with Gasteiger partial charge in [0.05, 0.1) is 12.6 Å². The van der Waals surface area contributed by atoms with Gasteiger partial charge in [-0.3, -0.25) is 4.79 Å². The minimum Gasteiger partial charge on any atom is -0.370 e. The summed E-state index contributed by atoms with van der Waals surface area (Å²) in [4.78, 5) is 11.5. The molecule has 1 N–H and O–H groups in total. The standard InChI is InChI=1S/C13H18ClNO2/c1-10-3-5-12(6-4-10)11(2)15-13(16)9-17-8-7-14/h3-6,11H,7-9H2,1-2H3,(H,15,16)/t11-/m0/s1. The first kappa shape index (κ1) is 14.0. The Morgan fingerprint density at radius 2 is 2.06 bits per heavy atom. The first-order valence-electron chi connectivity index (χ1n) is 5.63. The van der Waals surface area contributed by atoms with Crippen LogP contribution in [0.2, 0.25) is 0 Å². The summed E-state index contributed by atoms with van der Waals surface area (Å²) >= 11 is 5.44. The molecule has 0 aliphatic rings. The van der Waals surface area contributed by atoms with Crippen molar-refractivity contribution < 1.29 is 9.53 Å². The summed E-state index contributed by atoms with van der Waals surface area (Å²) in [6, 6.07) is 8.08. The van der Waals surface area contributed by atoms with E-state index in [0.717, 1.165) is 5.56 Å². The highest BCUT2D eigenvalue weighted by Gasteiger charge is 2.08. The molecular weight excluding hydrogens is 238 g/mol. The molecule has 0 radical (unpaired) electrons. The molecular formula is C13H18ClNO2. The van der Waals surface area contributed by atoms with E-state index in [0.29, 0.717) is 12.5 Å². The van der Waals surface area contributed by atoms with Gasteiger partial charge in [0.1, 0.15) is 6.61 Å². The molecule has 1 amide bonds. The summed E-state index contributed by atoms with van der Waals surface area (Å²) in [6.07, 6.45) is 0. The minimum absolute atomic E-state index is 0.0114. The SMILES string of the molecule is Cc1ccc([C@H](C)NC(=O)COCCCl)cc1. The van der Waals surface area contributed by atoms with Crippen LogP contribution in [0, 0.1) is 6.92 Å². The quantitative estimate of drug-likeness (QED) is 0.626. The number of hydrogen-bond acceptors (Lipinski definition) is 2. The fraction of sp³-hybridized carbons (Fsp3) is 0.462. The summed E-state index contributed by atoms with van der Waals surface area (Å²) in [7, 11) is 0. The summed E-state index contributed by atoms with van der Waals surface area (Å²) in [5, 5.41) is 2.87. The number of carbonyl (C=O) groups excluding carboxylic acids is 1. The van der Waals surface area contributed by atoms with Crippen LogP contribution in [0.4, 0.5) is 0 Å². The molecule has 0 aromatic heterocycles. The Morgan fingerprint density at radius 3 is 2.65 bits per heavy atom. The van der Waals surface area contributed by atoms with Crippen LogP contribution in [0.1, 0.15) is 24.1 Å². The molecule has 0 saturated carbocycles. The van der Waals surface area contributed by atoms with Gasteiger partial charge in [0.25, 0.3) is 0 Å². The van der Waals surface area contributed by atoms with Gasteiger partial charge in [-0.25, -0.2) is 0 Å². The Morgan fingerprint density at radius 1 is 1.41 bits per heavy atom. The number of nitrogens with one attached hydrogen (secondary N) is 1. The maximum absolute atomic E-state index is 11.5. The van der Waals surface area contributed by atoms with Crippen LogP contribution in [-0.4, -0.2) is 25.0 Å². The lowest BCUT2D eigenvalue weighted by Crippen LogP contribution is -2.30. The lowest BCUT2D eigenvalue weighted by molar-refractivity contribution is -0.126. The molecule has 4 heteroatoms. The lowest BCUT2D eigenvalue weighted by atomic mass is 10.1. The van der Waals surface area contributed by atoms with Gasteiger partial charge in [-0.1, -0.05) is 29.8 Å². The van der Waals surface area contributed by atoms with Crippen LogP contribution in [0.5, 0.6) is 0 Å². The molecule has 1 atom stereocenters. The van der Waals surface area contributed by atoms with Crippen LogP contribution in [0.3, 0.4) is 0 Å². The van der Waals surface area contributed by atoms with Crippen molar-refractivity contribution in [2.24, 2.45) is 0 Å². The molecule has 0 heterocycles. The fourth-order valence-corrected chi connectivity index (χ4v) is 1.55. The maximum Gasteiger partial charge on any atom is 0.246 e. The lowest BCUT2D eigenvalue weighted by Gasteiger charge is -2.14. The molecule has 1 rings (SSSR count). The van der Waals surface area contributed by atoms with E-state index < -0.39 is 0 Å².